The molecule has 0 fully saturated rings. The molecule has 0 aromatic carbocycles. The number of hydrogen-bond acceptors (Lipinski definition) is 2. The van der Waals surface area contributed by atoms with Crippen molar-refractivity contribution >= 4 is 0 Å². The zero-order valence-electron chi connectivity index (χ0n) is 8.41. The molecular formula is C11H16N2. The van der Waals surface area contributed by atoms with E-state index in [9.17, 15) is 0 Å². The van der Waals surface area contributed by atoms with Gasteiger partial charge >= 0.3 is 0 Å². The summed E-state index contributed by atoms with van der Waals surface area (Å²) in [5, 5.41) is 8.71. The summed E-state index contributed by atoms with van der Waals surface area (Å²) in [6.07, 6.45) is 7.11. The Morgan fingerprint density at radius 1 is 1.38 bits per heavy atom. The fraction of sp³-hybridized carbons (Fsp3) is 0.364. The molecule has 0 heterocycles. The van der Waals surface area contributed by atoms with Crippen LogP contribution in [0.2, 0.25) is 0 Å². The van der Waals surface area contributed by atoms with Gasteiger partial charge in [0.25, 0.3) is 0 Å². The fourth-order valence-electron chi connectivity index (χ4n) is 0.793. The highest BCUT2D eigenvalue weighted by Crippen LogP contribution is 2.11. The van der Waals surface area contributed by atoms with E-state index in [1.807, 2.05) is 32.9 Å². The van der Waals surface area contributed by atoms with E-state index < -0.39 is 0 Å². The molecule has 0 spiro atoms. The second-order valence-electron chi connectivity index (χ2n) is 3.12. The summed E-state index contributed by atoms with van der Waals surface area (Å²) < 4.78 is 0. The van der Waals surface area contributed by atoms with Crippen LogP contribution in [0.25, 0.3) is 0 Å². The van der Waals surface area contributed by atoms with E-state index in [0.717, 1.165) is 5.57 Å². The zero-order chi connectivity index (χ0) is 10.3. The Morgan fingerprint density at radius 3 is 2.38 bits per heavy atom. The van der Waals surface area contributed by atoms with Crippen molar-refractivity contribution in [2.24, 2.45) is 11.7 Å². The maximum Gasteiger partial charge on any atom is 0.0700 e. The lowest BCUT2D eigenvalue weighted by atomic mass is 10.0. The quantitative estimate of drug-likeness (QED) is 0.672. The maximum absolute atomic E-state index is 8.71. The Bertz CT molecular complexity index is 273. The molecule has 0 saturated heterocycles. The highest BCUT2D eigenvalue weighted by Gasteiger charge is 2.01. The van der Waals surface area contributed by atoms with Crippen LogP contribution in [-0.2, 0) is 0 Å². The van der Waals surface area contributed by atoms with Gasteiger partial charge in [0.2, 0.25) is 0 Å². The molecule has 0 bridgehead atoms. The standard InChI is InChI=1S/C11H16N2/c1-9(2)4-5-11(6-7-12)10(3)8-13/h4-7,10H,12H2,1-3H3/b7-6-,11-5+. The maximum atomic E-state index is 8.71. The van der Waals surface area contributed by atoms with Gasteiger partial charge in [-0.15, -0.1) is 0 Å². The van der Waals surface area contributed by atoms with E-state index in [1.165, 1.54) is 11.8 Å². The van der Waals surface area contributed by atoms with E-state index >= 15 is 0 Å². The first-order valence-corrected chi connectivity index (χ1v) is 4.24. The van der Waals surface area contributed by atoms with Gasteiger partial charge in [0, 0.05) is 0 Å². The van der Waals surface area contributed by atoms with Crippen molar-refractivity contribution in [2.75, 3.05) is 0 Å². The van der Waals surface area contributed by atoms with Crippen LogP contribution in [0.5, 0.6) is 0 Å². The topological polar surface area (TPSA) is 49.8 Å². The van der Waals surface area contributed by atoms with Crippen LogP contribution in [0.1, 0.15) is 20.8 Å². The normalized spacial score (nSPS) is 13.8. The van der Waals surface area contributed by atoms with Crippen LogP contribution in [0, 0.1) is 17.2 Å². The van der Waals surface area contributed by atoms with Gasteiger partial charge in [-0.25, -0.2) is 0 Å². The Hall–Kier alpha value is -1.49. The molecule has 2 N–H and O–H groups in total. The lowest BCUT2D eigenvalue weighted by molar-refractivity contribution is 0.906. The van der Waals surface area contributed by atoms with E-state index in [-0.39, 0.29) is 5.92 Å². The van der Waals surface area contributed by atoms with Crippen LogP contribution < -0.4 is 5.73 Å². The Balaban J connectivity index is 4.72. The number of rotatable bonds is 3. The smallest absolute Gasteiger partial charge is 0.0700 e. The van der Waals surface area contributed by atoms with Crippen molar-refractivity contribution in [3.63, 3.8) is 0 Å². The van der Waals surface area contributed by atoms with Crippen molar-refractivity contribution in [2.45, 2.75) is 20.8 Å². The predicted octanol–water partition coefficient (Wildman–Crippen LogP) is 2.51. The van der Waals surface area contributed by atoms with E-state index in [2.05, 4.69) is 6.07 Å². The van der Waals surface area contributed by atoms with Crippen molar-refractivity contribution < 1.29 is 0 Å². The monoisotopic (exact) mass is 176 g/mol. The molecule has 0 aliphatic heterocycles. The molecule has 0 rings (SSSR count). The average Bonchev–Trinajstić information content (AvgIpc) is 2.10. The van der Waals surface area contributed by atoms with Crippen LogP contribution in [-0.4, -0.2) is 0 Å². The Labute approximate surface area is 80.1 Å². The van der Waals surface area contributed by atoms with Gasteiger partial charge in [-0.05, 0) is 38.6 Å². The molecule has 2 heteroatoms. The predicted molar refractivity (Wildman–Crippen MR) is 55.6 cm³/mol. The first-order chi connectivity index (χ1) is 6.11. The molecule has 1 unspecified atom stereocenters. The van der Waals surface area contributed by atoms with Crippen molar-refractivity contribution in [1.29, 1.82) is 5.26 Å². The molecule has 0 radical (unpaired) electrons. The van der Waals surface area contributed by atoms with Gasteiger partial charge in [-0.2, -0.15) is 5.26 Å². The first kappa shape index (κ1) is 11.5. The molecule has 0 saturated carbocycles. The van der Waals surface area contributed by atoms with Crippen molar-refractivity contribution in [1.82, 2.24) is 0 Å². The molecular weight excluding hydrogens is 160 g/mol. The fourth-order valence-corrected chi connectivity index (χ4v) is 0.793. The van der Waals surface area contributed by atoms with Gasteiger partial charge in [-0.1, -0.05) is 17.7 Å². The molecule has 0 aromatic rings. The van der Waals surface area contributed by atoms with Gasteiger partial charge in [-0.3, -0.25) is 0 Å². The summed E-state index contributed by atoms with van der Waals surface area (Å²) in [4.78, 5) is 0. The van der Waals surface area contributed by atoms with E-state index in [1.54, 1.807) is 6.08 Å². The minimum atomic E-state index is -0.115. The summed E-state index contributed by atoms with van der Waals surface area (Å²) in [7, 11) is 0. The molecule has 70 valence electrons. The number of nitrogens with two attached hydrogens (primary N) is 1. The summed E-state index contributed by atoms with van der Waals surface area (Å²) in [5.74, 6) is -0.115. The average molecular weight is 176 g/mol. The molecule has 0 aliphatic rings. The SMILES string of the molecule is CC(C)=C/C=C(\C=C/N)C(C)C#N. The van der Waals surface area contributed by atoms with Crippen LogP contribution in [0.3, 0.4) is 0 Å². The van der Waals surface area contributed by atoms with Crippen LogP contribution in [0.4, 0.5) is 0 Å². The zero-order valence-corrected chi connectivity index (χ0v) is 8.41. The van der Waals surface area contributed by atoms with Gasteiger partial charge < -0.3 is 5.73 Å². The molecule has 0 aromatic heterocycles. The van der Waals surface area contributed by atoms with Gasteiger partial charge in [0.05, 0.1) is 12.0 Å². The lowest BCUT2D eigenvalue weighted by Gasteiger charge is -2.01. The summed E-state index contributed by atoms with van der Waals surface area (Å²) in [6.45, 7) is 5.87. The molecule has 0 amide bonds. The Morgan fingerprint density at radius 2 is 2.00 bits per heavy atom. The molecule has 2 nitrogen and oxygen atoms in total. The number of nitrogens with zero attached hydrogens (tertiary/aromatic N) is 1. The summed E-state index contributed by atoms with van der Waals surface area (Å²) in [5.41, 5.74) is 7.42. The number of allylic oxidation sites excluding steroid dienone is 5. The third kappa shape index (κ3) is 4.86. The largest absolute Gasteiger partial charge is 0.405 e. The van der Waals surface area contributed by atoms with Crippen LogP contribution in [0.15, 0.2) is 35.6 Å². The van der Waals surface area contributed by atoms with Crippen LogP contribution >= 0.6 is 0 Å². The summed E-state index contributed by atoms with van der Waals surface area (Å²) >= 11 is 0. The minimum Gasteiger partial charge on any atom is -0.405 e. The summed E-state index contributed by atoms with van der Waals surface area (Å²) in [6, 6.07) is 2.17. The third-order valence-corrected chi connectivity index (χ3v) is 1.59. The van der Waals surface area contributed by atoms with Crippen molar-refractivity contribution in [3.8, 4) is 6.07 Å². The molecule has 13 heavy (non-hydrogen) atoms. The minimum absolute atomic E-state index is 0.115. The Kier molecular flexibility index (Phi) is 5.38. The molecule has 1 atom stereocenters. The number of nitriles is 1. The van der Waals surface area contributed by atoms with Crippen molar-refractivity contribution in [3.05, 3.63) is 35.6 Å². The lowest BCUT2D eigenvalue weighted by Crippen LogP contribution is -1.93. The van der Waals surface area contributed by atoms with Gasteiger partial charge in [0.1, 0.15) is 0 Å². The highest BCUT2D eigenvalue weighted by atomic mass is 14.5. The van der Waals surface area contributed by atoms with Gasteiger partial charge in [0.15, 0.2) is 0 Å². The third-order valence-electron chi connectivity index (χ3n) is 1.59. The van der Waals surface area contributed by atoms with E-state index in [0.29, 0.717) is 0 Å². The number of hydrogen-bond donors (Lipinski definition) is 1. The highest BCUT2D eigenvalue weighted by molar-refractivity contribution is 5.29. The second kappa shape index (κ2) is 6.07. The molecule has 0 aliphatic carbocycles. The second-order valence-corrected chi connectivity index (χ2v) is 3.12. The van der Waals surface area contributed by atoms with E-state index in [4.69, 9.17) is 11.0 Å². The first-order valence-electron chi connectivity index (χ1n) is 4.24.